The molecular formula is C31H66O3Sn2. The Hall–Kier alpha value is 1.48. The molecule has 36 heavy (non-hydrogen) atoms. The van der Waals surface area contributed by atoms with Gasteiger partial charge in [-0.05, 0) is 0 Å². The Morgan fingerprint density at radius 2 is 0.944 bits per heavy atom. The van der Waals surface area contributed by atoms with Gasteiger partial charge in [0.25, 0.3) is 0 Å². The molecule has 0 heterocycles. The van der Waals surface area contributed by atoms with Crippen LogP contribution in [0, 0.1) is 11.8 Å². The van der Waals surface area contributed by atoms with Crippen molar-refractivity contribution < 1.29 is 9.22 Å². The maximum absolute atomic E-state index is 7.45. The molecule has 5 heteroatoms. The first-order chi connectivity index (χ1) is 17.5. The summed E-state index contributed by atoms with van der Waals surface area (Å²) in [7, 11) is 0. The van der Waals surface area contributed by atoms with Gasteiger partial charge in [-0.3, -0.25) is 0 Å². The molecule has 0 fully saturated rings. The van der Waals surface area contributed by atoms with Crippen LogP contribution in [-0.2, 0) is 9.22 Å². The molecule has 0 saturated carbocycles. The van der Waals surface area contributed by atoms with E-state index >= 15 is 0 Å². The molecule has 0 amide bonds. The van der Waals surface area contributed by atoms with E-state index in [4.69, 9.17) is 9.22 Å². The molecule has 3 nitrogen and oxygen atoms in total. The van der Waals surface area contributed by atoms with Crippen molar-refractivity contribution in [2.75, 3.05) is 13.2 Å². The van der Waals surface area contributed by atoms with E-state index < -0.39 is 40.8 Å². The van der Waals surface area contributed by atoms with Crippen LogP contribution in [0.4, 0.5) is 0 Å². The predicted octanol–water partition coefficient (Wildman–Crippen LogP) is 10.5. The zero-order valence-corrected chi connectivity index (χ0v) is 31.7. The molecule has 0 bridgehead atoms. The van der Waals surface area contributed by atoms with E-state index in [2.05, 4.69) is 55.4 Å². The summed E-state index contributed by atoms with van der Waals surface area (Å²) in [4.78, 5) is 0. The Kier molecular flexibility index (Phi) is 26.5. The second-order valence-electron chi connectivity index (χ2n) is 11.1. The molecule has 0 aliphatic carbocycles. The summed E-state index contributed by atoms with van der Waals surface area (Å²) < 4.78 is 24.9. The van der Waals surface area contributed by atoms with Crippen LogP contribution in [0.3, 0.4) is 0 Å². The zero-order chi connectivity index (χ0) is 27.1. The average molecular weight is 724 g/mol. The van der Waals surface area contributed by atoms with Gasteiger partial charge >= 0.3 is 246 Å². The fourth-order valence-corrected chi connectivity index (χ4v) is 18.3. The normalized spacial score (nSPS) is 12.7. The number of hydrogen-bond donors (Lipinski definition) is 0. The molecule has 0 N–H and O–H groups in total. The van der Waals surface area contributed by atoms with Crippen molar-refractivity contribution in [2.45, 2.75) is 171 Å². The van der Waals surface area contributed by atoms with Crippen molar-refractivity contribution >= 4 is 40.8 Å². The van der Waals surface area contributed by atoms with Gasteiger partial charge in [0, 0.05) is 0 Å². The predicted molar refractivity (Wildman–Crippen MR) is 163 cm³/mol. The van der Waals surface area contributed by atoms with Crippen LogP contribution in [0.25, 0.3) is 0 Å². The van der Waals surface area contributed by atoms with E-state index in [-0.39, 0.29) is 5.60 Å². The third-order valence-electron chi connectivity index (χ3n) is 8.01. The van der Waals surface area contributed by atoms with Crippen molar-refractivity contribution in [1.29, 1.82) is 0 Å². The summed E-state index contributed by atoms with van der Waals surface area (Å²) >= 11 is -4.25. The minimum atomic E-state index is -2.40. The van der Waals surface area contributed by atoms with Gasteiger partial charge in [0.2, 0.25) is 0 Å². The molecular weight excluding hydrogens is 658 g/mol. The zero-order valence-electron chi connectivity index (χ0n) is 26.0. The Labute approximate surface area is 244 Å². The monoisotopic (exact) mass is 726 g/mol. The number of unbranched alkanes of at least 4 members (excludes halogenated alkanes) is 4. The van der Waals surface area contributed by atoms with E-state index in [1.165, 1.54) is 110 Å². The molecule has 2 radical (unpaired) electrons. The molecule has 0 unspecified atom stereocenters. The summed E-state index contributed by atoms with van der Waals surface area (Å²) in [6.45, 7) is 20.4. The summed E-state index contributed by atoms with van der Waals surface area (Å²) in [5, 5.41) is 0. The Morgan fingerprint density at radius 1 is 0.528 bits per heavy atom. The van der Waals surface area contributed by atoms with Crippen LogP contribution in [0.1, 0.15) is 152 Å². The molecule has 0 aromatic carbocycles. The van der Waals surface area contributed by atoms with Gasteiger partial charge < -0.3 is 0 Å². The minimum absolute atomic E-state index is 0.102. The van der Waals surface area contributed by atoms with Crippen LogP contribution in [-0.4, -0.2) is 59.6 Å². The fourth-order valence-electron chi connectivity index (χ4n) is 4.79. The number of rotatable bonds is 27. The van der Waals surface area contributed by atoms with Gasteiger partial charge in [-0.1, -0.05) is 0 Å². The van der Waals surface area contributed by atoms with Crippen LogP contribution < -0.4 is 0 Å². The van der Waals surface area contributed by atoms with Crippen LogP contribution in [0.15, 0.2) is 0 Å². The van der Waals surface area contributed by atoms with Crippen molar-refractivity contribution in [2.24, 2.45) is 11.8 Å². The Bertz CT molecular complexity index is 423. The molecule has 0 aromatic rings. The van der Waals surface area contributed by atoms with E-state index in [1.54, 1.807) is 0 Å². The fraction of sp³-hybridized carbons (Fsp3) is 1.00. The van der Waals surface area contributed by atoms with Crippen molar-refractivity contribution in [3.05, 3.63) is 0 Å². The van der Waals surface area contributed by atoms with Gasteiger partial charge in [-0.2, -0.15) is 0 Å². The third-order valence-corrected chi connectivity index (χ3v) is 19.9. The molecule has 0 atom stereocenters. The van der Waals surface area contributed by atoms with Crippen molar-refractivity contribution in [3.8, 4) is 0 Å². The summed E-state index contributed by atoms with van der Waals surface area (Å²) in [6, 6.07) is 0. The summed E-state index contributed by atoms with van der Waals surface area (Å²) in [6.07, 6.45) is 19.0. The molecule has 0 spiro atoms. The Morgan fingerprint density at radius 3 is 1.31 bits per heavy atom. The molecule has 0 rings (SSSR count). The first kappa shape index (κ1) is 37.5. The topological polar surface area (TPSA) is 27.7 Å². The van der Waals surface area contributed by atoms with Crippen molar-refractivity contribution in [1.82, 2.24) is 0 Å². The van der Waals surface area contributed by atoms with Gasteiger partial charge in [-0.25, -0.2) is 0 Å². The van der Waals surface area contributed by atoms with E-state index in [9.17, 15) is 0 Å². The standard InChI is InChI=1S/C11H22O.2C6H13O.2C4H9.2Sn/c1-4-7-9-11(12,6-3)10-8-5-2;2*1-3-6(4-2)5-7;2*1-3-4-2;;/h3-10H2,1-2H3;2*6H,3-5H2,1-2H3;2*1,3-4H2,2H3;;/q3*-1;;;+1;+2. The van der Waals surface area contributed by atoms with Crippen LogP contribution in [0.5, 0.6) is 0 Å². The molecule has 216 valence electrons. The molecule has 0 saturated heterocycles. The van der Waals surface area contributed by atoms with Gasteiger partial charge in [0.1, 0.15) is 0 Å². The summed E-state index contributed by atoms with van der Waals surface area (Å²) in [5.41, 5.74) is 0.102. The third kappa shape index (κ3) is 17.9. The van der Waals surface area contributed by atoms with Crippen LogP contribution in [0.2, 0.25) is 13.3 Å². The second kappa shape index (κ2) is 25.4. The Balaban J connectivity index is 5.65. The molecule has 0 aliphatic rings. The van der Waals surface area contributed by atoms with Gasteiger partial charge in [0.05, 0.1) is 0 Å². The first-order valence-electron chi connectivity index (χ1n) is 16.1. The summed E-state index contributed by atoms with van der Waals surface area (Å²) in [5.74, 6) is 1.36. The molecule has 0 aliphatic heterocycles. The first-order valence-corrected chi connectivity index (χ1v) is 25.7. The van der Waals surface area contributed by atoms with Crippen LogP contribution >= 0.6 is 0 Å². The number of hydrogen-bond acceptors (Lipinski definition) is 3. The second-order valence-corrected chi connectivity index (χ2v) is 22.8. The average Bonchev–Trinajstić information content (AvgIpc) is 2.91. The van der Waals surface area contributed by atoms with Gasteiger partial charge in [-0.15, -0.1) is 0 Å². The van der Waals surface area contributed by atoms with Crippen molar-refractivity contribution in [3.63, 3.8) is 0 Å². The quantitative estimate of drug-likeness (QED) is 0.0790. The SMILES string of the molecule is CCC[CH2][Sn]([CH2]CCC)[O]C(CCCC)(CCCC)C[CH2][Sn]([O]CC(CC)CC)[O]CC(CC)CC. The molecule has 0 aromatic heterocycles. The van der Waals surface area contributed by atoms with Gasteiger partial charge in [0.15, 0.2) is 0 Å². The van der Waals surface area contributed by atoms with E-state index in [0.717, 1.165) is 13.2 Å². The maximum atomic E-state index is 7.45. The van der Waals surface area contributed by atoms with E-state index in [1.807, 2.05) is 0 Å². The van der Waals surface area contributed by atoms with E-state index in [0.29, 0.717) is 11.8 Å².